The summed E-state index contributed by atoms with van der Waals surface area (Å²) in [5.74, 6) is -0.699. The molecule has 1 heterocycles. The molecule has 0 saturated carbocycles. The number of anilines is 1. The molecule has 4 nitrogen and oxygen atoms in total. The molecule has 0 aliphatic rings. The first-order valence-electron chi connectivity index (χ1n) is 6.23. The number of halogens is 1. The van der Waals surface area contributed by atoms with Crippen molar-refractivity contribution in [2.75, 3.05) is 5.32 Å². The molecular weight excluding hydrogens is 259 g/mol. The van der Waals surface area contributed by atoms with Crippen LogP contribution in [0.4, 0.5) is 10.1 Å². The Labute approximate surface area is 114 Å². The van der Waals surface area contributed by atoms with Crippen LogP contribution in [-0.2, 0) is 6.54 Å². The smallest absolute Gasteiger partial charge is 0.408 e. The predicted octanol–water partition coefficient (Wildman–Crippen LogP) is 3.18. The highest BCUT2D eigenvalue weighted by molar-refractivity contribution is 5.76. The van der Waals surface area contributed by atoms with Crippen LogP contribution < -0.4 is 11.1 Å². The third kappa shape index (κ3) is 2.42. The summed E-state index contributed by atoms with van der Waals surface area (Å²) < 4.78 is 18.0. The highest BCUT2D eigenvalue weighted by Gasteiger charge is 2.03. The number of aromatic amines is 1. The van der Waals surface area contributed by atoms with Crippen molar-refractivity contribution in [3.8, 4) is 0 Å². The van der Waals surface area contributed by atoms with Gasteiger partial charge in [-0.25, -0.2) is 9.18 Å². The van der Waals surface area contributed by atoms with E-state index in [2.05, 4.69) is 10.3 Å². The van der Waals surface area contributed by atoms with Gasteiger partial charge in [0.15, 0.2) is 5.58 Å². The van der Waals surface area contributed by atoms with Crippen LogP contribution in [-0.4, -0.2) is 4.98 Å². The maximum Gasteiger partial charge on any atom is 0.417 e. The van der Waals surface area contributed by atoms with Crippen molar-refractivity contribution < 1.29 is 8.81 Å². The molecule has 0 unspecified atom stereocenters. The molecule has 3 aromatic rings. The minimum Gasteiger partial charge on any atom is -0.408 e. The van der Waals surface area contributed by atoms with Gasteiger partial charge in [0.2, 0.25) is 0 Å². The van der Waals surface area contributed by atoms with Crippen LogP contribution in [0.15, 0.2) is 45.6 Å². The largest absolute Gasteiger partial charge is 0.417 e. The van der Waals surface area contributed by atoms with E-state index in [0.29, 0.717) is 17.6 Å². The van der Waals surface area contributed by atoms with E-state index < -0.39 is 5.76 Å². The number of rotatable bonds is 3. The minimum atomic E-state index is -0.466. The average molecular weight is 272 g/mol. The van der Waals surface area contributed by atoms with Gasteiger partial charge < -0.3 is 9.73 Å². The van der Waals surface area contributed by atoms with E-state index in [1.165, 1.54) is 12.1 Å². The molecule has 0 bridgehead atoms. The van der Waals surface area contributed by atoms with Crippen LogP contribution in [0.5, 0.6) is 0 Å². The van der Waals surface area contributed by atoms with Gasteiger partial charge in [0.1, 0.15) is 5.82 Å². The molecule has 0 aliphatic heterocycles. The lowest BCUT2D eigenvalue weighted by molar-refractivity contribution is 0.555. The average Bonchev–Trinajstić information content (AvgIpc) is 2.77. The molecular formula is C15H13FN2O2. The second-order valence-corrected chi connectivity index (χ2v) is 4.65. The van der Waals surface area contributed by atoms with Gasteiger partial charge in [0, 0.05) is 12.2 Å². The quantitative estimate of drug-likeness (QED) is 0.770. The monoisotopic (exact) mass is 272 g/mol. The summed E-state index contributed by atoms with van der Waals surface area (Å²) >= 11 is 0. The number of H-pyrrole nitrogens is 1. The summed E-state index contributed by atoms with van der Waals surface area (Å²) in [6.45, 7) is 2.45. The van der Waals surface area contributed by atoms with Gasteiger partial charge in [-0.3, -0.25) is 4.98 Å². The zero-order chi connectivity index (χ0) is 14.1. The standard InChI is InChI=1S/C15H13FN2O2/c1-9-6-11(16)3-2-10(9)8-17-12-4-5-14-13(7-12)18-15(19)20-14/h2-7,17H,8H2,1H3,(H,18,19). The zero-order valence-corrected chi connectivity index (χ0v) is 10.9. The number of hydrogen-bond acceptors (Lipinski definition) is 3. The lowest BCUT2D eigenvalue weighted by Gasteiger charge is -2.09. The molecule has 0 amide bonds. The van der Waals surface area contributed by atoms with Gasteiger partial charge >= 0.3 is 5.76 Å². The van der Waals surface area contributed by atoms with E-state index in [0.717, 1.165) is 16.8 Å². The fraction of sp³-hybridized carbons (Fsp3) is 0.133. The fourth-order valence-electron chi connectivity index (χ4n) is 2.12. The van der Waals surface area contributed by atoms with Gasteiger partial charge in [-0.05, 0) is 48.4 Å². The maximum atomic E-state index is 13.0. The molecule has 0 spiro atoms. The van der Waals surface area contributed by atoms with Crippen LogP contribution in [0.1, 0.15) is 11.1 Å². The number of nitrogens with one attached hydrogen (secondary N) is 2. The first-order chi connectivity index (χ1) is 9.61. The Hall–Kier alpha value is -2.56. The Balaban J connectivity index is 1.80. The number of aryl methyl sites for hydroxylation is 1. The number of aromatic nitrogens is 1. The Morgan fingerprint density at radius 1 is 1.25 bits per heavy atom. The van der Waals surface area contributed by atoms with Gasteiger partial charge in [0.25, 0.3) is 0 Å². The van der Waals surface area contributed by atoms with Crippen molar-refractivity contribution in [1.82, 2.24) is 4.98 Å². The molecule has 2 N–H and O–H groups in total. The first-order valence-corrected chi connectivity index (χ1v) is 6.23. The number of benzene rings is 2. The first kappa shape index (κ1) is 12.5. The SMILES string of the molecule is Cc1cc(F)ccc1CNc1ccc2oc(=O)[nH]c2c1. The summed E-state index contributed by atoms with van der Waals surface area (Å²) in [4.78, 5) is 13.7. The third-order valence-corrected chi connectivity index (χ3v) is 3.21. The van der Waals surface area contributed by atoms with E-state index >= 15 is 0 Å². The van der Waals surface area contributed by atoms with Crippen LogP contribution in [0.3, 0.4) is 0 Å². The van der Waals surface area contributed by atoms with Crippen LogP contribution >= 0.6 is 0 Å². The summed E-state index contributed by atoms with van der Waals surface area (Å²) in [5.41, 5.74) is 3.95. The molecule has 0 radical (unpaired) electrons. The predicted molar refractivity (Wildman–Crippen MR) is 75.3 cm³/mol. The molecule has 1 aromatic heterocycles. The van der Waals surface area contributed by atoms with Crippen LogP contribution in [0.25, 0.3) is 11.1 Å². The van der Waals surface area contributed by atoms with Crippen molar-refractivity contribution in [2.45, 2.75) is 13.5 Å². The highest BCUT2D eigenvalue weighted by atomic mass is 19.1. The lowest BCUT2D eigenvalue weighted by atomic mass is 10.1. The van der Waals surface area contributed by atoms with Gasteiger partial charge in [-0.15, -0.1) is 0 Å². The van der Waals surface area contributed by atoms with E-state index in [1.807, 2.05) is 13.0 Å². The lowest BCUT2D eigenvalue weighted by Crippen LogP contribution is -2.01. The number of fused-ring (bicyclic) bond motifs is 1. The molecule has 0 atom stereocenters. The summed E-state index contributed by atoms with van der Waals surface area (Å²) in [6.07, 6.45) is 0. The van der Waals surface area contributed by atoms with Crippen molar-refractivity contribution in [1.29, 1.82) is 0 Å². The Kier molecular flexibility index (Phi) is 3.02. The topological polar surface area (TPSA) is 58.0 Å². The van der Waals surface area contributed by atoms with E-state index in [-0.39, 0.29) is 5.82 Å². The maximum absolute atomic E-state index is 13.0. The molecule has 20 heavy (non-hydrogen) atoms. The zero-order valence-electron chi connectivity index (χ0n) is 10.9. The van der Waals surface area contributed by atoms with Crippen molar-refractivity contribution in [3.05, 3.63) is 63.9 Å². The van der Waals surface area contributed by atoms with Gasteiger partial charge in [-0.1, -0.05) is 6.07 Å². The molecule has 5 heteroatoms. The molecule has 3 rings (SSSR count). The number of hydrogen-bond donors (Lipinski definition) is 2. The highest BCUT2D eigenvalue weighted by Crippen LogP contribution is 2.18. The minimum absolute atomic E-state index is 0.233. The summed E-state index contributed by atoms with van der Waals surface area (Å²) in [5, 5.41) is 3.24. The molecule has 102 valence electrons. The molecule has 0 aliphatic carbocycles. The van der Waals surface area contributed by atoms with E-state index in [9.17, 15) is 9.18 Å². The van der Waals surface area contributed by atoms with Crippen molar-refractivity contribution in [3.63, 3.8) is 0 Å². The van der Waals surface area contributed by atoms with E-state index in [4.69, 9.17) is 4.42 Å². The molecule has 0 saturated heterocycles. The van der Waals surface area contributed by atoms with Crippen molar-refractivity contribution >= 4 is 16.8 Å². The Bertz CT molecular complexity index is 820. The van der Waals surface area contributed by atoms with Crippen LogP contribution in [0.2, 0.25) is 0 Å². The molecule has 2 aromatic carbocycles. The number of oxazole rings is 1. The molecule has 0 fully saturated rings. The second-order valence-electron chi connectivity index (χ2n) is 4.65. The van der Waals surface area contributed by atoms with Crippen LogP contribution in [0, 0.1) is 12.7 Å². The van der Waals surface area contributed by atoms with Crippen molar-refractivity contribution in [2.24, 2.45) is 0 Å². The Morgan fingerprint density at radius 2 is 2.10 bits per heavy atom. The van der Waals surface area contributed by atoms with E-state index in [1.54, 1.807) is 18.2 Å². The third-order valence-electron chi connectivity index (χ3n) is 3.21. The van der Waals surface area contributed by atoms with Gasteiger partial charge in [0.05, 0.1) is 5.52 Å². The summed E-state index contributed by atoms with van der Waals surface area (Å²) in [7, 11) is 0. The second kappa shape index (κ2) is 4.85. The van der Waals surface area contributed by atoms with Gasteiger partial charge in [-0.2, -0.15) is 0 Å². The normalized spacial score (nSPS) is 10.9. The summed E-state index contributed by atoms with van der Waals surface area (Å²) in [6, 6.07) is 10.1. The fourth-order valence-corrected chi connectivity index (χ4v) is 2.12. The Morgan fingerprint density at radius 3 is 2.90 bits per heavy atom.